The summed E-state index contributed by atoms with van der Waals surface area (Å²) in [6.07, 6.45) is 9.31. The van der Waals surface area contributed by atoms with Crippen molar-refractivity contribution < 1.29 is 9.84 Å². The van der Waals surface area contributed by atoms with Crippen molar-refractivity contribution >= 4 is 82.1 Å². The molecule has 46 heavy (non-hydrogen) atoms. The summed E-state index contributed by atoms with van der Waals surface area (Å²) < 4.78 is 6.84. The average Bonchev–Trinajstić information content (AvgIpc) is 3.77. The Kier molecular flexibility index (Phi) is 9.89. The van der Waals surface area contributed by atoms with Crippen LogP contribution >= 0.6 is 59.1 Å². The third-order valence-corrected chi connectivity index (χ3v) is 9.64. The predicted octanol–water partition coefficient (Wildman–Crippen LogP) is 6.78. The van der Waals surface area contributed by atoms with Crippen LogP contribution in [0.1, 0.15) is 29.8 Å². The summed E-state index contributed by atoms with van der Waals surface area (Å²) in [5.74, 6) is 1.57. The van der Waals surface area contributed by atoms with Gasteiger partial charge in [-0.15, -0.1) is 11.3 Å². The van der Waals surface area contributed by atoms with Crippen LogP contribution in [0, 0.1) is 5.21 Å². The zero-order valence-corrected chi connectivity index (χ0v) is 29.6. The highest BCUT2D eigenvalue weighted by Gasteiger charge is 2.15. The van der Waals surface area contributed by atoms with Crippen LogP contribution in [-0.2, 0) is 13.1 Å². The van der Waals surface area contributed by atoms with Crippen molar-refractivity contribution in [2.75, 3.05) is 10.6 Å². The second kappa shape index (κ2) is 14.2. The summed E-state index contributed by atoms with van der Waals surface area (Å²) in [5.41, 5.74) is 4.79. The minimum atomic E-state index is -0.643. The molecule has 0 saturated heterocycles. The Morgan fingerprint density at radius 3 is 2.20 bits per heavy atom. The zero-order chi connectivity index (χ0) is 32.2. The van der Waals surface area contributed by atoms with Crippen LogP contribution in [0.2, 0.25) is 0 Å². The molecule has 0 aliphatic rings. The summed E-state index contributed by atoms with van der Waals surface area (Å²) in [6.45, 7) is 2.81. The van der Waals surface area contributed by atoms with Gasteiger partial charge < -0.3 is 20.9 Å². The molecule has 7 aromatic heterocycles. The number of thiophene rings is 1. The number of anilines is 2. The molecule has 7 rings (SSSR count). The van der Waals surface area contributed by atoms with Gasteiger partial charge in [-0.1, -0.05) is 6.07 Å². The fourth-order valence-electron chi connectivity index (χ4n) is 4.44. The molecule has 7 aromatic rings. The Morgan fingerprint density at radius 2 is 1.57 bits per heavy atom. The molecule has 0 aliphatic carbocycles. The van der Waals surface area contributed by atoms with Crippen molar-refractivity contribution in [1.29, 1.82) is 0 Å². The van der Waals surface area contributed by atoms with Crippen molar-refractivity contribution in [3.05, 3.63) is 120 Å². The molecule has 234 valence electrons. The first-order valence-electron chi connectivity index (χ1n) is 13.8. The van der Waals surface area contributed by atoms with E-state index in [1.54, 1.807) is 70.4 Å². The third-order valence-electron chi connectivity index (χ3n) is 6.66. The number of aliphatic hydroxyl groups is 1. The summed E-state index contributed by atoms with van der Waals surface area (Å²) in [4.78, 5) is 14.2. The first-order chi connectivity index (χ1) is 22.3. The number of pyridine rings is 2. The molecule has 0 aromatic carbocycles. The smallest absolute Gasteiger partial charge is 0.185 e. The van der Waals surface area contributed by atoms with Crippen LogP contribution in [0.4, 0.5) is 11.6 Å². The first-order valence-corrected chi connectivity index (χ1v) is 17.1. The minimum absolute atomic E-state index is 0.505. The molecular weight excluding hydrogens is 804 g/mol. The highest BCUT2D eigenvalue weighted by atomic mass is 79.9. The normalized spacial score (nSPS) is 11.8. The van der Waals surface area contributed by atoms with E-state index in [0.29, 0.717) is 24.4 Å². The number of nitrogens with one attached hydrogen (secondary N) is 2. The molecule has 0 amide bonds. The molecule has 0 spiro atoms. The van der Waals surface area contributed by atoms with Gasteiger partial charge in [-0.3, -0.25) is 4.98 Å². The van der Waals surface area contributed by atoms with E-state index in [1.165, 1.54) is 6.20 Å². The van der Waals surface area contributed by atoms with Gasteiger partial charge in [0.25, 0.3) is 0 Å². The number of aromatic nitrogens is 8. The lowest BCUT2D eigenvalue weighted by atomic mass is 10.2. The Balaban J connectivity index is 0.000000164. The van der Waals surface area contributed by atoms with Gasteiger partial charge in [0.05, 0.1) is 43.7 Å². The second-order valence-corrected chi connectivity index (χ2v) is 13.4. The van der Waals surface area contributed by atoms with E-state index < -0.39 is 6.10 Å². The maximum atomic E-state index is 11.4. The number of fused-ring (bicyclic) bond motifs is 2. The molecular formula is C30H25Br3N10O2S. The van der Waals surface area contributed by atoms with E-state index in [2.05, 4.69) is 78.6 Å². The Labute approximate surface area is 292 Å². The molecule has 0 fully saturated rings. The fourth-order valence-corrected chi connectivity index (χ4v) is 6.68. The number of aliphatic hydroxyl groups excluding tert-OH is 1. The lowest BCUT2D eigenvalue weighted by Crippen LogP contribution is -2.25. The van der Waals surface area contributed by atoms with Crippen molar-refractivity contribution in [2.24, 2.45) is 0 Å². The van der Waals surface area contributed by atoms with E-state index in [9.17, 15) is 10.3 Å². The lowest BCUT2D eigenvalue weighted by Gasteiger charge is -2.11. The molecule has 0 aliphatic heterocycles. The van der Waals surface area contributed by atoms with Crippen molar-refractivity contribution in [1.82, 2.24) is 34.2 Å². The monoisotopic (exact) mass is 826 g/mol. The predicted molar refractivity (Wildman–Crippen MR) is 187 cm³/mol. The molecule has 0 saturated carbocycles. The SMILES string of the molecule is CC(O)c1cc(NCc2cccnc2)n2ncc(Br)c2n1.[O-][n+]1cccc(CNc2cc(-c3sccc3Br)nc3c(Br)cnn23)c1. The summed E-state index contributed by atoms with van der Waals surface area (Å²) >= 11 is 12.1. The van der Waals surface area contributed by atoms with Gasteiger partial charge in [-0.05, 0) is 83.9 Å². The molecule has 1 atom stereocenters. The standard InChI is InChI=1S/C16H11Br2N5OS.C14H14BrN5O/c17-11-3-5-25-15(11)13-6-14(23-16(21-13)12(18)8-20-23)19-7-10-2-1-4-22(24)9-10;1-9(21)12-5-13(17-7-10-3-2-4-16-6-10)20-14(19-12)11(15)8-18-20/h1-6,8-9,19H,7H2;2-6,8-9,17,21H,7H2,1H3. The van der Waals surface area contributed by atoms with Crippen molar-refractivity contribution in [2.45, 2.75) is 26.1 Å². The van der Waals surface area contributed by atoms with Gasteiger partial charge in [-0.25, -0.2) is 9.97 Å². The van der Waals surface area contributed by atoms with Crippen LogP contribution in [0.25, 0.3) is 21.9 Å². The topological polar surface area (TPSA) is 144 Å². The van der Waals surface area contributed by atoms with Crippen LogP contribution in [0.3, 0.4) is 0 Å². The number of halogens is 3. The summed E-state index contributed by atoms with van der Waals surface area (Å²) in [5, 5.41) is 38.5. The van der Waals surface area contributed by atoms with Crippen LogP contribution in [-0.4, -0.2) is 39.3 Å². The molecule has 12 nitrogen and oxygen atoms in total. The van der Waals surface area contributed by atoms with Crippen molar-refractivity contribution in [3.63, 3.8) is 0 Å². The molecule has 0 radical (unpaired) electrons. The van der Waals surface area contributed by atoms with Crippen LogP contribution in [0.15, 0.2) is 98.4 Å². The van der Waals surface area contributed by atoms with E-state index in [1.807, 2.05) is 35.7 Å². The third kappa shape index (κ3) is 7.20. The molecule has 3 N–H and O–H groups in total. The fraction of sp³-hybridized carbons (Fsp3) is 0.133. The molecule has 7 heterocycles. The molecule has 16 heteroatoms. The molecule has 1 unspecified atom stereocenters. The number of hydrogen-bond donors (Lipinski definition) is 3. The number of rotatable bonds is 8. The van der Waals surface area contributed by atoms with Gasteiger partial charge in [0.1, 0.15) is 11.6 Å². The minimum Gasteiger partial charge on any atom is -0.619 e. The second-order valence-electron chi connectivity index (χ2n) is 9.96. The van der Waals surface area contributed by atoms with E-state index in [4.69, 9.17) is 4.98 Å². The van der Waals surface area contributed by atoms with Crippen molar-refractivity contribution in [3.8, 4) is 10.6 Å². The summed E-state index contributed by atoms with van der Waals surface area (Å²) in [7, 11) is 0. The van der Waals surface area contributed by atoms with Gasteiger partial charge in [0, 0.05) is 53.7 Å². The van der Waals surface area contributed by atoms with Crippen LogP contribution < -0.4 is 15.4 Å². The first kappa shape index (κ1) is 32.0. The number of nitrogens with zero attached hydrogens (tertiary/aromatic N) is 8. The highest BCUT2D eigenvalue weighted by molar-refractivity contribution is 9.11. The zero-order valence-electron chi connectivity index (χ0n) is 24.0. The summed E-state index contributed by atoms with van der Waals surface area (Å²) in [6, 6.07) is 13.3. The van der Waals surface area contributed by atoms with Crippen LogP contribution in [0.5, 0.6) is 0 Å². The molecule has 0 bridgehead atoms. The maximum absolute atomic E-state index is 11.4. The maximum Gasteiger partial charge on any atom is 0.185 e. The highest BCUT2D eigenvalue weighted by Crippen LogP contribution is 2.35. The quantitative estimate of drug-likeness (QED) is 0.112. The number of hydrogen-bond acceptors (Lipinski definition) is 10. The Bertz CT molecular complexity index is 2120. The Hall–Kier alpha value is -3.96. The van der Waals surface area contributed by atoms with Gasteiger partial charge in [0.15, 0.2) is 23.7 Å². The Morgan fingerprint density at radius 1 is 0.891 bits per heavy atom. The van der Waals surface area contributed by atoms with Gasteiger partial charge in [-0.2, -0.15) is 24.0 Å². The van der Waals surface area contributed by atoms with E-state index >= 15 is 0 Å². The van der Waals surface area contributed by atoms with Gasteiger partial charge >= 0.3 is 0 Å². The lowest BCUT2D eigenvalue weighted by molar-refractivity contribution is -0.605. The average molecular weight is 829 g/mol. The largest absolute Gasteiger partial charge is 0.619 e. The van der Waals surface area contributed by atoms with E-state index in [0.717, 1.165) is 57.1 Å². The van der Waals surface area contributed by atoms with E-state index in [-0.39, 0.29) is 0 Å². The van der Waals surface area contributed by atoms with Gasteiger partial charge in [0.2, 0.25) is 0 Å².